The van der Waals surface area contributed by atoms with E-state index < -0.39 is 0 Å². The van der Waals surface area contributed by atoms with Crippen LogP contribution in [-0.4, -0.2) is 17.3 Å². The number of aryl methyl sites for hydroxylation is 1. The smallest absolute Gasteiger partial charge is 0.164 e. The molecule has 0 amide bonds. The minimum atomic E-state index is 0.182. The molecule has 1 aromatic heterocycles. The first kappa shape index (κ1) is 15.2. The van der Waals surface area contributed by atoms with Crippen molar-refractivity contribution in [1.29, 1.82) is 0 Å². The standard InChI is InChI=1S/C18H22N2O/c1-4-18(21)16-11-6-7-12-17(16)20(5-2)13-15-10-8-9-14(3)19-15/h6-12H,4-5,13H2,1-3H3. The molecule has 1 aromatic carbocycles. The molecule has 0 radical (unpaired) electrons. The van der Waals surface area contributed by atoms with Crippen LogP contribution >= 0.6 is 0 Å². The van der Waals surface area contributed by atoms with Crippen LogP contribution < -0.4 is 4.90 Å². The highest BCUT2D eigenvalue weighted by Crippen LogP contribution is 2.23. The highest BCUT2D eigenvalue weighted by atomic mass is 16.1. The lowest BCUT2D eigenvalue weighted by atomic mass is 10.1. The molecule has 0 unspecified atom stereocenters. The topological polar surface area (TPSA) is 33.2 Å². The van der Waals surface area contributed by atoms with Crippen molar-refractivity contribution in [2.75, 3.05) is 11.4 Å². The zero-order valence-electron chi connectivity index (χ0n) is 13.0. The number of benzene rings is 1. The van der Waals surface area contributed by atoms with Crippen molar-refractivity contribution in [1.82, 2.24) is 4.98 Å². The van der Waals surface area contributed by atoms with Gasteiger partial charge in [-0.15, -0.1) is 0 Å². The number of hydrogen-bond acceptors (Lipinski definition) is 3. The number of pyridine rings is 1. The quantitative estimate of drug-likeness (QED) is 0.751. The van der Waals surface area contributed by atoms with Crippen molar-refractivity contribution >= 4 is 11.5 Å². The third-order valence-corrected chi connectivity index (χ3v) is 3.55. The fourth-order valence-electron chi connectivity index (χ4n) is 2.43. The third-order valence-electron chi connectivity index (χ3n) is 3.55. The van der Waals surface area contributed by atoms with E-state index in [1.807, 2.05) is 56.3 Å². The zero-order chi connectivity index (χ0) is 15.2. The minimum absolute atomic E-state index is 0.182. The molecule has 3 nitrogen and oxygen atoms in total. The lowest BCUT2D eigenvalue weighted by Crippen LogP contribution is -2.24. The van der Waals surface area contributed by atoms with Gasteiger partial charge in [-0.2, -0.15) is 0 Å². The number of ketones is 1. The van der Waals surface area contributed by atoms with E-state index in [9.17, 15) is 4.79 Å². The maximum absolute atomic E-state index is 12.1. The molecule has 0 aliphatic heterocycles. The van der Waals surface area contributed by atoms with Gasteiger partial charge in [0.15, 0.2) is 5.78 Å². The molecule has 0 bridgehead atoms. The van der Waals surface area contributed by atoms with Crippen molar-refractivity contribution in [2.45, 2.75) is 33.7 Å². The number of aromatic nitrogens is 1. The highest BCUT2D eigenvalue weighted by molar-refractivity contribution is 6.01. The molecule has 110 valence electrons. The molecule has 2 aromatic rings. The van der Waals surface area contributed by atoms with E-state index in [0.717, 1.165) is 29.2 Å². The fraction of sp³-hybridized carbons (Fsp3) is 0.333. The normalized spacial score (nSPS) is 10.4. The van der Waals surface area contributed by atoms with Crippen LogP contribution in [0, 0.1) is 6.92 Å². The average Bonchev–Trinajstić information content (AvgIpc) is 2.52. The Kier molecular flexibility index (Phi) is 5.09. The minimum Gasteiger partial charge on any atom is -0.365 e. The highest BCUT2D eigenvalue weighted by Gasteiger charge is 2.14. The number of carbonyl (C=O) groups is 1. The predicted octanol–water partition coefficient (Wildman–Crippen LogP) is 4.01. The summed E-state index contributed by atoms with van der Waals surface area (Å²) < 4.78 is 0. The van der Waals surface area contributed by atoms with Crippen molar-refractivity contribution in [2.24, 2.45) is 0 Å². The van der Waals surface area contributed by atoms with Gasteiger partial charge in [-0.05, 0) is 38.1 Å². The summed E-state index contributed by atoms with van der Waals surface area (Å²) in [5.74, 6) is 0.182. The van der Waals surface area contributed by atoms with E-state index in [1.54, 1.807) is 0 Å². The summed E-state index contributed by atoms with van der Waals surface area (Å²) >= 11 is 0. The largest absolute Gasteiger partial charge is 0.365 e. The Morgan fingerprint density at radius 2 is 1.86 bits per heavy atom. The maximum Gasteiger partial charge on any atom is 0.164 e. The van der Waals surface area contributed by atoms with Crippen molar-refractivity contribution in [3.05, 3.63) is 59.4 Å². The van der Waals surface area contributed by atoms with Crippen molar-refractivity contribution in [3.63, 3.8) is 0 Å². The lowest BCUT2D eigenvalue weighted by Gasteiger charge is -2.25. The van der Waals surface area contributed by atoms with Crippen LogP contribution in [0.15, 0.2) is 42.5 Å². The van der Waals surface area contributed by atoms with Crippen molar-refractivity contribution in [3.8, 4) is 0 Å². The number of anilines is 1. The Hall–Kier alpha value is -2.16. The fourth-order valence-corrected chi connectivity index (χ4v) is 2.43. The van der Waals surface area contributed by atoms with Crippen LogP contribution in [0.1, 0.15) is 42.0 Å². The van der Waals surface area contributed by atoms with Gasteiger partial charge in [-0.25, -0.2) is 0 Å². The monoisotopic (exact) mass is 282 g/mol. The Morgan fingerprint density at radius 1 is 1.10 bits per heavy atom. The van der Waals surface area contributed by atoms with Crippen LogP contribution in [-0.2, 0) is 6.54 Å². The zero-order valence-corrected chi connectivity index (χ0v) is 13.0. The van der Waals surface area contributed by atoms with Crippen LogP contribution in [0.3, 0.4) is 0 Å². The summed E-state index contributed by atoms with van der Waals surface area (Å²) in [6.45, 7) is 7.55. The van der Waals surface area contributed by atoms with E-state index in [2.05, 4.69) is 16.8 Å². The first-order valence-electron chi connectivity index (χ1n) is 7.45. The summed E-state index contributed by atoms with van der Waals surface area (Å²) in [4.78, 5) is 18.9. The Labute approximate surface area is 126 Å². The van der Waals surface area contributed by atoms with Gasteiger partial charge in [-0.3, -0.25) is 9.78 Å². The van der Waals surface area contributed by atoms with Crippen LogP contribution in [0.4, 0.5) is 5.69 Å². The molecule has 0 aliphatic rings. The molecule has 1 heterocycles. The second-order valence-corrected chi connectivity index (χ2v) is 5.08. The van der Waals surface area contributed by atoms with E-state index in [-0.39, 0.29) is 5.78 Å². The number of para-hydroxylation sites is 1. The molecule has 0 spiro atoms. The summed E-state index contributed by atoms with van der Waals surface area (Å²) in [7, 11) is 0. The Bertz CT molecular complexity index is 622. The van der Waals surface area contributed by atoms with Gasteiger partial charge in [0.2, 0.25) is 0 Å². The molecule has 21 heavy (non-hydrogen) atoms. The van der Waals surface area contributed by atoms with Crippen molar-refractivity contribution < 1.29 is 4.79 Å². The summed E-state index contributed by atoms with van der Waals surface area (Å²) in [6.07, 6.45) is 0.525. The van der Waals surface area contributed by atoms with Gasteiger partial charge in [0.1, 0.15) is 0 Å². The second kappa shape index (κ2) is 7.02. The molecule has 3 heteroatoms. The molecule has 2 rings (SSSR count). The Balaban J connectivity index is 2.31. The average molecular weight is 282 g/mol. The molecular weight excluding hydrogens is 260 g/mol. The first-order valence-corrected chi connectivity index (χ1v) is 7.45. The molecule has 0 saturated heterocycles. The van der Waals surface area contributed by atoms with Gasteiger partial charge in [0.05, 0.1) is 12.2 Å². The molecule has 0 atom stereocenters. The maximum atomic E-state index is 12.1. The summed E-state index contributed by atoms with van der Waals surface area (Å²) in [5, 5.41) is 0. The molecule has 0 saturated carbocycles. The first-order chi connectivity index (χ1) is 10.2. The SMILES string of the molecule is CCC(=O)c1ccccc1N(CC)Cc1cccc(C)n1. The lowest BCUT2D eigenvalue weighted by molar-refractivity contribution is 0.0988. The number of hydrogen-bond donors (Lipinski definition) is 0. The van der Waals surface area contributed by atoms with Gasteiger partial charge < -0.3 is 4.90 Å². The van der Waals surface area contributed by atoms with Gasteiger partial charge in [-0.1, -0.05) is 25.1 Å². The molecule has 0 fully saturated rings. The van der Waals surface area contributed by atoms with Crippen LogP contribution in [0.5, 0.6) is 0 Å². The van der Waals surface area contributed by atoms with Gasteiger partial charge in [0.25, 0.3) is 0 Å². The van der Waals surface area contributed by atoms with Gasteiger partial charge in [0, 0.05) is 29.9 Å². The third kappa shape index (κ3) is 3.69. The number of carbonyl (C=O) groups excluding carboxylic acids is 1. The van der Waals surface area contributed by atoms with Crippen LogP contribution in [0.2, 0.25) is 0 Å². The summed E-state index contributed by atoms with van der Waals surface area (Å²) in [6, 6.07) is 13.9. The number of Topliss-reactive ketones (excluding diaryl/α,β-unsaturated/α-hetero) is 1. The predicted molar refractivity (Wildman–Crippen MR) is 86.8 cm³/mol. The molecule has 0 N–H and O–H groups in total. The van der Waals surface area contributed by atoms with E-state index >= 15 is 0 Å². The molecule has 0 aliphatic carbocycles. The van der Waals surface area contributed by atoms with E-state index in [1.165, 1.54) is 0 Å². The number of rotatable bonds is 6. The summed E-state index contributed by atoms with van der Waals surface area (Å²) in [5.41, 5.74) is 3.83. The molecular formula is C18H22N2O. The van der Waals surface area contributed by atoms with E-state index in [0.29, 0.717) is 13.0 Å². The number of nitrogens with zero attached hydrogens (tertiary/aromatic N) is 2. The Morgan fingerprint density at radius 3 is 2.52 bits per heavy atom. The van der Waals surface area contributed by atoms with Crippen LogP contribution in [0.25, 0.3) is 0 Å². The second-order valence-electron chi connectivity index (χ2n) is 5.08. The van der Waals surface area contributed by atoms with E-state index in [4.69, 9.17) is 0 Å². The van der Waals surface area contributed by atoms with Gasteiger partial charge >= 0.3 is 0 Å².